The van der Waals surface area contributed by atoms with Crippen molar-refractivity contribution in [1.29, 1.82) is 0 Å². The average molecular weight is 328 g/mol. The van der Waals surface area contributed by atoms with Gasteiger partial charge in [0.25, 0.3) is 0 Å². The Morgan fingerprint density at radius 3 is 2.61 bits per heavy atom. The van der Waals surface area contributed by atoms with Crippen LogP contribution in [0.1, 0.15) is 24.4 Å². The van der Waals surface area contributed by atoms with E-state index in [-0.39, 0.29) is 11.9 Å². The largest absolute Gasteiger partial charge is 0.363 e. The zero-order chi connectivity index (χ0) is 16.4. The molecule has 0 fully saturated rings. The Balaban J connectivity index is 1.99. The lowest BCUT2D eigenvalue weighted by atomic mass is 10.1. The number of pyridine rings is 1. The van der Waals surface area contributed by atoms with Gasteiger partial charge in [0.15, 0.2) is 0 Å². The van der Waals surface area contributed by atoms with E-state index in [2.05, 4.69) is 20.3 Å². The molecule has 0 bridgehead atoms. The zero-order valence-corrected chi connectivity index (χ0v) is 14.0. The number of rotatable bonds is 4. The maximum absolute atomic E-state index is 13.1. The summed E-state index contributed by atoms with van der Waals surface area (Å²) in [5, 5.41) is 5.26. The Morgan fingerprint density at radius 2 is 1.91 bits per heavy atom. The molecular weight excluding hydrogens is 311 g/mol. The van der Waals surface area contributed by atoms with E-state index in [9.17, 15) is 4.39 Å². The minimum absolute atomic E-state index is 0.000931. The van der Waals surface area contributed by atoms with Crippen LogP contribution in [0.4, 0.5) is 10.2 Å². The molecule has 2 heterocycles. The quantitative estimate of drug-likeness (QED) is 0.721. The monoisotopic (exact) mass is 328 g/mol. The van der Waals surface area contributed by atoms with Crippen molar-refractivity contribution < 1.29 is 4.39 Å². The second-order valence-corrected chi connectivity index (χ2v) is 6.11. The molecule has 4 nitrogen and oxygen atoms in total. The first kappa shape index (κ1) is 15.7. The van der Waals surface area contributed by atoms with Gasteiger partial charge in [-0.15, -0.1) is 11.8 Å². The van der Waals surface area contributed by atoms with E-state index < -0.39 is 0 Å². The van der Waals surface area contributed by atoms with E-state index in [0.717, 1.165) is 27.3 Å². The number of anilines is 1. The highest BCUT2D eigenvalue weighted by Gasteiger charge is 2.12. The van der Waals surface area contributed by atoms with E-state index in [0.29, 0.717) is 5.82 Å². The molecule has 118 valence electrons. The Kier molecular flexibility index (Phi) is 4.43. The molecule has 1 N–H and O–H groups in total. The predicted octanol–water partition coefficient (Wildman–Crippen LogP) is 4.37. The van der Waals surface area contributed by atoms with Gasteiger partial charge in [-0.2, -0.15) is 0 Å². The summed E-state index contributed by atoms with van der Waals surface area (Å²) in [6.07, 6.45) is 3.75. The van der Waals surface area contributed by atoms with Crippen molar-refractivity contribution in [1.82, 2.24) is 15.0 Å². The van der Waals surface area contributed by atoms with Crippen LogP contribution in [-0.2, 0) is 0 Å². The molecule has 0 spiro atoms. The van der Waals surface area contributed by atoms with E-state index in [1.54, 1.807) is 30.1 Å². The first-order valence-corrected chi connectivity index (χ1v) is 8.49. The summed E-state index contributed by atoms with van der Waals surface area (Å²) in [6, 6.07) is 8.47. The van der Waals surface area contributed by atoms with Gasteiger partial charge in [0.2, 0.25) is 0 Å². The third kappa shape index (κ3) is 3.42. The molecule has 0 aliphatic rings. The van der Waals surface area contributed by atoms with Crippen LogP contribution in [-0.4, -0.2) is 21.2 Å². The number of nitrogens with one attached hydrogen (secondary N) is 1. The number of halogens is 1. The molecule has 0 radical (unpaired) electrons. The SMILES string of the molecule is CSc1cc2c(N[C@H](C)c3ccc(F)cc3)nc(C)nc2cn1. The van der Waals surface area contributed by atoms with Gasteiger partial charge >= 0.3 is 0 Å². The standard InChI is InChI=1S/C17H17FN4S/c1-10(12-4-6-13(18)7-5-12)20-17-14-8-16(23-3)19-9-15(14)21-11(2)22-17/h4-10H,1-3H3,(H,20,21,22)/t10-/m1/s1. The van der Waals surface area contributed by atoms with Crippen molar-refractivity contribution in [2.75, 3.05) is 11.6 Å². The Labute approximate surface area is 138 Å². The minimum atomic E-state index is -0.236. The highest BCUT2D eigenvalue weighted by atomic mass is 32.2. The van der Waals surface area contributed by atoms with E-state index in [1.807, 2.05) is 26.2 Å². The molecule has 23 heavy (non-hydrogen) atoms. The van der Waals surface area contributed by atoms with Gasteiger partial charge in [-0.25, -0.2) is 19.3 Å². The van der Waals surface area contributed by atoms with Crippen molar-refractivity contribution in [2.45, 2.75) is 24.9 Å². The highest BCUT2D eigenvalue weighted by Crippen LogP contribution is 2.27. The van der Waals surface area contributed by atoms with Crippen molar-refractivity contribution in [3.8, 4) is 0 Å². The number of hydrogen-bond donors (Lipinski definition) is 1. The highest BCUT2D eigenvalue weighted by molar-refractivity contribution is 7.98. The summed E-state index contributed by atoms with van der Waals surface area (Å²) in [4.78, 5) is 13.3. The average Bonchev–Trinajstić information content (AvgIpc) is 2.55. The number of hydrogen-bond acceptors (Lipinski definition) is 5. The van der Waals surface area contributed by atoms with Crippen molar-refractivity contribution in [3.63, 3.8) is 0 Å². The Morgan fingerprint density at radius 1 is 1.17 bits per heavy atom. The number of nitrogens with zero attached hydrogens (tertiary/aromatic N) is 3. The molecule has 1 atom stereocenters. The lowest BCUT2D eigenvalue weighted by Gasteiger charge is -2.17. The summed E-state index contributed by atoms with van der Waals surface area (Å²) < 4.78 is 13.1. The van der Waals surface area contributed by atoms with Crippen LogP contribution >= 0.6 is 11.8 Å². The van der Waals surface area contributed by atoms with E-state index in [1.165, 1.54) is 12.1 Å². The number of benzene rings is 1. The number of aromatic nitrogens is 3. The molecule has 2 aromatic heterocycles. The lowest BCUT2D eigenvalue weighted by Crippen LogP contribution is -2.09. The molecule has 0 unspecified atom stereocenters. The zero-order valence-electron chi connectivity index (χ0n) is 13.2. The van der Waals surface area contributed by atoms with E-state index >= 15 is 0 Å². The summed E-state index contributed by atoms with van der Waals surface area (Å²) in [6.45, 7) is 3.88. The smallest absolute Gasteiger partial charge is 0.138 e. The van der Waals surface area contributed by atoms with Crippen LogP contribution in [0.25, 0.3) is 10.9 Å². The number of thioether (sulfide) groups is 1. The van der Waals surface area contributed by atoms with Gasteiger partial charge in [0.1, 0.15) is 17.5 Å². The predicted molar refractivity (Wildman–Crippen MR) is 92.3 cm³/mol. The lowest BCUT2D eigenvalue weighted by molar-refractivity contribution is 0.626. The molecule has 3 rings (SSSR count). The van der Waals surface area contributed by atoms with Crippen LogP contribution in [0.2, 0.25) is 0 Å². The number of fused-ring (bicyclic) bond motifs is 1. The van der Waals surface area contributed by atoms with Crippen molar-refractivity contribution in [2.24, 2.45) is 0 Å². The minimum Gasteiger partial charge on any atom is -0.363 e. The molecule has 0 aliphatic carbocycles. The maximum Gasteiger partial charge on any atom is 0.138 e. The molecule has 0 aliphatic heterocycles. The van der Waals surface area contributed by atoms with Crippen LogP contribution < -0.4 is 5.32 Å². The topological polar surface area (TPSA) is 50.7 Å². The Bertz CT molecular complexity index is 836. The summed E-state index contributed by atoms with van der Waals surface area (Å²) in [5.74, 6) is 1.21. The van der Waals surface area contributed by atoms with Gasteiger partial charge < -0.3 is 5.32 Å². The van der Waals surface area contributed by atoms with Gasteiger partial charge in [-0.05, 0) is 43.9 Å². The van der Waals surface area contributed by atoms with Gasteiger partial charge in [0, 0.05) is 11.4 Å². The molecule has 0 amide bonds. The molecule has 6 heteroatoms. The Hall–Kier alpha value is -2.21. The molecule has 0 saturated carbocycles. The fraction of sp³-hybridized carbons (Fsp3) is 0.235. The van der Waals surface area contributed by atoms with Crippen LogP contribution in [0.15, 0.2) is 41.6 Å². The molecule has 1 aromatic carbocycles. The van der Waals surface area contributed by atoms with Crippen molar-refractivity contribution in [3.05, 3.63) is 53.7 Å². The van der Waals surface area contributed by atoms with E-state index in [4.69, 9.17) is 0 Å². The normalized spacial score (nSPS) is 12.3. The summed E-state index contributed by atoms with van der Waals surface area (Å²) in [5.41, 5.74) is 1.80. The maximum atomic E-state index is 13.1. The third-order valence-corrected chi connectivity index (χ3v) is 4.24. The fourth-order valence-corrected chi connectivity index (χ4v) is 2.78. The third-order valence-electron chi connectivity index (χ3n) is 3.60. The van der Waals surface area contributed by atoms with Gasteiger partial charge in [-0.1, -0.05) is 12.1 Å². The van der Waals surface area contributed by atoms with Gasteiger partial charge in [-0.3, -0.25) is 0 Å². The molecule has 0 saturated heterocycles. The van der Waals surface area contributed by atoms with Gasteiger partial charge in [0.05, 0.1) is 16.7 Å². The fourth-order valence-electron chi connectivity index (χ4n) is 2.39. The van der Waals surface area contributed by atoms with Crippen LogP contribution in [0, 0.1) is 12.7 Å². The molecule has 3 aromatic rings. The summed E-state index contributed by atoms with van der Waals surface area (Å²) in [7, 11) is 0. The number of aryl methyl sites for hydroxylation is 1. The summed E-state index contributed by atoms with van der Waals surface area (Å²) >= 11 is 1.58. The first-order chi connectivity index (χ1) is 11.1. The first-order valence-electron chi connectivity index (χ1n) is 7.27. The van der Waals surface area contributed by atoms with Crippen LogP contribution in [0.3, 0.4) is 0 Å². The van der Waals surface area contributed by atoms with Crippen molar-refractivity contribution >= 4 is 28.5 Å². The molecular formula is C17H17FN4S. The van der Waals surface area contributed by atoms with Crippen LogP contribution in [0.5, 0.6) is 0 Å². The second kappa shape index (κ2) is 6.50. The second-order valence-electron chi connectivity index (χ2n) is 5.28.